The Hall–Kier alpha value is -0.870. The van der Waals surface area contributed by atoms with Crippen LogP contribution < -0.4 is 5.73 Å². The summed E-state index contributed by atoms with van der Waals surface area (Å²) >= 11 is 0. The van der Waals surface area contributed by atoms with Gasteiger partial charge in [0.25, 0.3) is 0 Å². The summed E-state index contributed by atoms with van der Waals surface area (Å²) in [7, 11) is 0. The van der Waals surface area contributed by atoms with Crippen molar-refractivity contribution in [3.05, 3.63) is 17.3 Å². The summed E-state index contributed by atoms with van der Waals surface area (Å²) in [6, 6.07) is 0. The highest BCUT2D eigenvalue weighted by Crippen LogP contribution is 2.26. The average molecular weight is 196 g/mol. The second-order valence-electron chi connectivity index (χ2n) is 3.68. The molecule has 0 bridgehead atoms. The molecular formula is C10H16N2O2. The van der Waals surface area contributed by atoms with E-state index >= 15 is 0 Å². The van der Waals surface area contributed by atoms with Crippen molar-refractivity contribution < 1.29 is 9.15 Å². The summed E-state index contributed by atoms with van der Waals surface area (Å²) in [5, 5.41) is 0. The first-order chi connectivity index (χ1) is 6.81. The fraction of sp³-hybridized carbons (Fsp3) is 0.700. The molecular weight excluding hydrogens is 180 g/mol. The van der Waals surface area contributed by atoms with Crippen molar-refractivity contribution in [3.63, 3.8) is 0 Å². The lowest BCUT2D eigenvalue weighted by Gasteiger charge is -2.18. The molecule has 1 unspecified atom stereocenters. The standard InChI is InChI=1S/C10H16N2O2/c1-7-9(5-11)14-10(12-7)8-3-2-4-13-6-8/h8H,2-6,11H2,1H3. The third-order valence-corrected chi connectivity index (χ3v) is 2.60. The van der Waals surface area contributed by atoms with Crippen LogP contribution in [0.3, 0.4) is 0 Å². The van der Waals surface area contributed by atoms with Gasteiger partial charge < -0.3 is 14.9 Å². The lowest BCUT2D eigenvalue weighted by atomic mass is 10.0. The smallest absolute Gasteiger partial charge is 0.200 e. The van der Waals surface area contributed by atoms with Gasteiger partial charge in [0.1, 0.15) is 5.76 Å². The lowest BCUT2D eigenvalue weighted by molar-refractivity contribution is 0.0722. The van der Waals surface area contributed by atoms with Crippen LogP contribution in [0, 0.1) is 6.92 Å². The first-order valence-electron chi connectivity index (χ1n) is 5.05. The maximum absolute atomic E-state index is 5.59. The lowest BCUT2D eigenvalue weighted by Crippen LogP contribution is -2.15. The Kier molecular flexibility index (Phi) is 2.84. The average Bonchev–Trinajstić information content (AvgIpc) is 2.61. The van der Waals surface area contributed by atoms with Crippen LogP contribution in [0.15, 0.2) is 4.42 Å². The van der Waals surface area contributed by atoms with Crippen LogP contribution in [-0.2, 0) is 11.3 Å². The van der Waals surface area contributed by atoms with Gasteiger partial charge in [-0.2, -0.15) is 0 Å². The summed E-state index contributed by atoms with van der Waals surface area (Å²) in [6.45, 7) is 3.94. The van der Waals surface area contributed by atoms with E-state index in [0.29, 0.717) is 12.5 Å². The van der Waals surface area contributed by atoms with Crippen molar-refractivity contribution in [2.75, 3.05) is 13.2 Å². The molecule has 1 aromatic rings. The van der Waals surface area contributed by atoms with Crippen molar-refractivity contribution in [2.45, 2.75) is 32.2 Å². The number of hydrogen-bond acceptors (Lipinski definition) is 4. The highest BCUT2D eigenvalue weighted by atomic mass is 16.5. The van der Waals surface area contributed by atoms with E-state index in [9.17, 15) is 0 Å². The highest BCUT2D eigenvalue weighted by Gasteiger charge is 2.21. The molecule has 0 saturated carbocycles. The molecule has 0 aromatic carbocycles. The van der Waals surface area contributed by atoms with E-state index in [-0.39, 0.29) is 0 Å². The Bertz CT molecular complexity index is 303. The molecule has 0 spiro atoms. The van der Waals surface area contributed by atoms with Gasteiger partial charge in [-0.15, -0.1) is 0 Å². The first-order valence-corrected chi connectivity index (χ1v) is 5.05. The SMILES string of the molecule is Cc1nc(C2CCCOC2)oc1CN. The minimum Gasteiger partial charge on any atom is -0.444 e. The van der Waals surface area contributed by atoms with Crippen LogP contribution in [0.25, 0.3) is 0 Å². The zero-order valence-electron chi connectivity index (χ0n) is 8.45. The summed E-state index contributed by atoms with van der Waals surface area (Å²) in [4.78, 5) is 4.38. The second kappa shape index (κ2) is 4.11. The molecule has 1 fully saturated rings. The second-order valence-corrected chi connectivity index (χ2v) is 3.68. The number of hydrogen-bond donors (Lipinski definition) is 1. The number of rotatable bonds is 2. The molecule has 0 amide bonds. The quantitative estimate of drug-likeness (QED) is 0.775. The normalized spacial score (nSPS) is 22.6. The van der Waals surface area contributed by atoms with Crippen LogP contribution in [0.1, 0.15) is 36.1 Å². The fourth-order valence-electron chi connectivity index (χ4n) is 1.75. The molecule has 2 heterocycles. The molecule has 1 atom stereocenters. The van der Waals surface area contributed by atoms with Crippen LogP contribution >= 0.6 is 0 Å². The minimum absolute atomic E-state index is 0.322. The maximum Gasteiger partial charge on any atom is 0.200 e. The summed E-state index contributed by atoms with van der Waals surface area (Å²) in [5.41, 5.74) is 6.44. The van der Waals surface area contributed by atoms with Gasteiger partial charge in [-0.05, 0) is 19.8 Å². The van der Waals surface area contributed by atoms with E-state index in [2.05, 4.69) is 4.98 Å². The van der Waals surface area contributed by atoms with Gasteiger partial charge in [-0.1, -0.05) is 0 Å². The van der Waals surface area contributed by atoms with Crippen molar-refractivity contribution >= 4 is 0 Å². The molecule has 0 radical (unpaired) electrons. The molecule has 78 valence electrons. The highest BCUT2D eigenvalue weighted by molar-refractivity contribution is 5.09. The van der Waals surface area contributed by atoms with Gasteiger partial charge in [-0.25, -0.2) is 4.98 Å². The molecule has 14 heavy (non-hydrogen) atoms. The zero-order valence-corrected chi connectivity index (χ0v) is 8.45. The Morgan fingerprint density at radius 2 is 2.43 bits per heavy atom. The molecule has 1 aliphatic heterocycles. The Labute approximate surface area is 83.4 Å². The molecule has 0 aliphatic carbocycles. The third kappa shape index (κ3) is 1.81. The van der Waals surface area contributed by atoms with Gasteiger partial charge in [0.2, 0.25) is 0 Å². The van der Waals surface area contributed by atoms with Crippen molar-refractivity contribution in [1.82, 2.24) is 4.98 Å². The number of ether oxygens (including phenoxy) is 1. The first kappa shape index (κ1) is 9.68. The van der Waals surface area contributed by atoms with Gasteiger partial charge in [0.05, 0.1) is 24.8 Å². The van der Waals surface area contributed by atoms with E-state index in [1.165, 1.54) is 0 Å². The molecule has 2 N–H and O–H groups in total. The topological polar surface area (TPSA) is 61.3 Å². The van der Waals surface area contributed by atoms with Gasteiger partial charge in [-0.3, -0.25) is 0 Å². The molecule has 4 nitrogen and oxygen atoms in total. The summed E-state index contributed by atoms with van der Waals surface area (Å²) < 4.78 is 11.0. The van der Waals surface area contributed by atoms with Crippen molar-refractivity contribution in [2.24, 2.45) is 5.73 Å². The Morgan fingerprint density at radius 3 is 3.00 bits per heavy atom. The van der Waals surface area contributed by atoms with E-state index in [1.54, 1.807) is 0 Å². The minimum atomic E-state index is 0.322. The van der Waals surface area contributed by atoms with Crippen LogP contribution in [0.2, 0.25) is 0 Å². The van der Waals surface area contributed by atoms with Gasteiger partial charge in [0, 0.05) is 6.61 Å². The van der Waals surface area contributed by atoms with Gasteiger partial charge >= 0.3 is 0 Å². The number of oxazole rings is 1. The molecule has 4 heteroatoms. The number of aryl methyl sites for hydroxylation is 1. The largest absolute Gasteiger partial charge is 0.444 e. The number of nitrogens with zero attached hydrogens (tertiary/aromatic N) is 1. The van der Waals surface area contributed by atoms with E-state index in [1.807, 2.05) is 6.92 Å². The molecule has 1 aromatic heterocycles. The van der Waals surface area contributed by atoms with Crippen molar-refractivity contribution in [1.29, 1.82) is 0 Å². The fourth-order valence-corrected chi connectivity index (χ4v) is 1.75. The van der Waals surface area contributed by atoms with E-state index in [0.717, 1.165) is 43.4 Å². The van der Waals surface area contributed by atoms with Gasteiger partial charge in [0.15, 0.2) is 5.89 Å². The third-order valence-electron chi connectivity index (χ3n) is 2.60. The van der Waals surface area contributed by atoms with Crippen LogP contribution in [0.4, 0.5) is 0 Å². The zero-order chi connectivity index (χ0) is 9.97. The number of nitrogens with two attached hydrogens (primary N) is 1. The van der Waals surface area contributed by atoms with E-state index < -0.39 is 0 Å². The maximum atomic E-state index is 5.59. The number of aromatic nitrogens is 1. The molecule has 1 saturated heterocycles. The molecule has 1 aliphatic rings. The monoisotopic (exact) mass is 196 g/mol. The van der Waals surface area contributed by atoms with E-state index in [4.69, 9.17) is 14.9 Å². The Balaban J connectivity index is 2.14. The van der Waals surface area contributed by atoms with Crippen LogP contribution in [-0.4, -0.2) is 18.2 Å². The summed E-state index contributed by atoms with van der Waals surface area (Å²) in [6.07, 6.45) is 2.19. The molecule has 2 rings (SSSR count). The van der Waals surface area contributed by atoms with Crippen LogP contribution in [0.5, 0.6) is 0 Å². The predicted octanol–water partition coefficient (Wildman–Crippen LogP) is 1.34. The Morgan fingerprint density at radius 1 is 1.57 bits per heavy atom. The predicted molar refractivity (Wildman–Crippen MR) is 51.9 cm³/mol. The summed E-state index contributed by atoms with van der Waals surface area (Å²) in [5.74, 6) is 1.91. The van der Waals surface area contributed by atoms with Crippen molar-refractivity contribution in [3.8, 4) is 0 Å².